The highest BCUT2D eigenvalue weighted by atomic mass is 79.9. The number of carbonyl (C=O) groups excluding carboxylic acids is 2. The van der Waals surface area contributed by atoms with E-state index in [-0.39, 0.29) is 18.5 Å². The summed E-state index contributed by atoms with van der Waals surface area (Å²) in [5.41, 5.74) is 1.57. The van der Waals surface area contributed by atoms with Crippen LogP contribution < -0.4 is 5.32 Å². The van der Waals surface area contributed by atoms with Crippen LogP contribution in [0.5, 0.6) is 0 Å². The molecule has 0 spiro atoms. The summed E-state index contributed by atoms with van der Waals surface area (Å²) in [5.74, 6) is -0.226. The Balaban J connectivity index is 1.71. The molecule has 0 aliphatic carbocycles. The fourth-order valence-electron chi connectivity index (χ4n) is 3.58. The van der Waals surface area contributed by atoms with E-state index in [2.05, 4.69) is 21.2 Å². The third-order valence-electron chi connectivity index (χ3n) is 5.01. The maximum Gasteiger partial charge on any atom is 0.325 e. The zero-order chi connectivity index (χ0) is 19.6. The predicted molar refractivity (Wildman–Crippen MR) is 111 cm³/mol. The molecule has 28 heavy (non-hydrogen) atoms. The minimum Gasteiger partial charge on any atom is -0.319 e. The van der Waals surface area contributed by atoms with E-state index < -0.39 is 5.54 Å². The number of carbonyl (C=O) groups is 2. The van der Waals surface area contributed by atoms with Gasteiger partial charge >= 0.3 is 6.03 Å². The van der Waals surface area contributed by atoms with Gasteiger partial charge < -0.3 is 5.32 Å². The molecule has 1 aliphatic heterocycles. The minimum absolute atomic E-state index is 0.226. The van der Waals surface area contributed by atoms with Crippen LogP contribution in [0.4, 0.5) is 4.79 Å². The van der Waals surface area contributed by atoms with Gasteiger partial charge in [-0.15, -0.1) is 0 Å². The molecule has 1 aliphatic rings. The number of hydrogen-bond acceptors (Lipinski definition) is 2. The Morgan fingerprint density at radius 3 is 2.04 bits per heavy atom. The van der Waals surface area contributed by atoms with Crippen molar-refractivity contribution in [2.24, 2.45) is 0 Å². The third-order valence-corrected chi connectivity index (χ3v) is 5.54. The molecule has 4 nitrogen and oxygen atoms in total. The van der Waals surface area contributed by atoms with Crippen LogP contribution >= 0.6 is 15.9 Å². The van der Waals surface area contributed by atoms with Gasteiger partial charge in [-0.2, -0.15) is 0 Å². The van der Waals surface area contributed by atoms with Crippen molar-refractivity contribution in [2.45, 2.75) is 18.5 Å². The van der Waals surface area contributed by atoms with Gasteiger partial charge in [0, 0.05) is 10.9 Å². The molecule has 0 saturated carbocycles. The average Bonchev–Trinajstić information content (AvgIpc) is 2.96. The summed E-state index contributed by atoms with van der Waals surface area (Å²) >= 11 is 3.41. The van der Waals surface area contributed by atoms with Crippen molar-refractivity contribution in [1.82, 2.24) is 10.2 Å². The molecule has 1 unspecified atom stereocenters. The molecule has 1 N–H and O–H groups in total. The van der Waals surface area contributed by atoms with E-state index in [0.717, 1.165) is 21.2 Å². The molecule has 3 amide bonds. The van der Waals surface area contributed by atoms with Crippen LogP contribution in [0.3, 0.4) is 0 Å². The monoisotopic (exact) mass is 434 g/mol. The number of hydrogen-bond donors (Lipinski definition) is 1. The second-order valence-corrected chi connectivity index (χ2v) is 7.80. The lowest BCUT2D eigenvalue weighted by molar-refractivity contribution is -0.132. The largest absolute Gasteiger partial charge is 0.325 e. The molecule has 140 valence electrons. The van der Waals surface area contributed by atoms with Crippen molar-refractivity contribution in [2.75, 3.05) is 0 Å². The average molecular weight is 435 g/mol. The van der Waals surface area contributed by atoms with Crippen LogP contribution in [-0.4, -0.2) is 16.8 Å². The van der Waals surface area contributed by atoms with Gasteiger partial charge in [0.25, 0.3) is 5.91 Å². The van der Waals surface area contributed by atoms with E-state index in [9.17, 15) is 9.59 Å². The van der Waals surface area contributed by atoms with Gasteiger partial charge in [0.1, 0.15) is 0 Å². The van der Waals surface area contributed by atoms with Crippen LogP contribution in [0, 0.1) is 0 Å². The number of halogens is 1. The van der Waals surface area contributed by atoms with Gasteiger partial charge in [-0.05, 0) is 28.8 Å². The molecule has 1 saturated heterocycles. The highest BCUT2D eigenvalue weighted by Crippen LogP contribution is 2.33. The molecule has 5 heteroatoms. The van der Waals surface area contributed by atoms with Gasteiger partial charge in [0.15, 0.2) is 5.54 Å². The van der Waals surface area contributed by atoms with Crippen LogP contribution in [0.25, 0.3) is 0 Å². The topological polar surface area (TPSA) is 49.4 Å². The van der Waals surface area contributed by atoms with Crippen LogP contribution in [0.1, 0.15) is 16.7 Å². The third kappa shape index (κ3) is 3.45. The molecule has 1 fully saturated rings. The SMILES string of the molecule is O=C1NC(Cc2ccccc2)(c2ccccc2)C(=O)N1Cc1ccc(Br)cc1. The number of rotatable bonds is 5. The van der Waals surface area contributed by atoms with E-state index in [1.807, 2.05) is 84.9 Å². The zero-order valence-electron chi connectivity index (χ0n) is 15.1. The second kappa shape index (κ2) is 7.60. The lowest BCUT2D eigenvalue weighted by Gasteiger charge is -2.27. The lowest BCUT2D eigenvalue weighted by Crippen LogP contribution is -2.46. The summed E-state index contributed by atoms with van der Waals surface area (Å²) in [5, 5.41) is 2.99. The molecule has 0 bridgehead atoms. The number of imide groups is 1. The summed E-state index contributed by atoms with van der Waals surface area (Å²) in [6, 6.07) is 26.5. The summed E-state index contributed by atoms with van der Waals surface area (Å²) in [6.07, 6.45) is 0.402. The maximum atomic E-state index is 13.5. The quantitative estimate of drug-likeness (QED) is 0.594. The molecule has 4 rings (SSSR count). The summed E-state index contributed by atoms with van der Waals surface area (Å²) in [6.45, 7) is 0.237. The minimum atomic E-state index is -1.10. The maximum absolute atomic E-state index is 13.5. The highest BCUT2D eigenvalue weighted by molar-refractivity contribution is 9.10. The summed E-state index contributed by atoms with van der Waals surface area (Å²) in [7, 11) is 0. The molecule has 0 radical (unpaired) electrons. The summed E-state index contributed by atoms with van der Waals surface area (Å²) in [4.78, 5) is 27.7. The van der Waals surface area contributed by atoms with E-state index in [1.165, 1.54) is 4.90 Å². The van der Waals surface area contributed by atoms with Gasteiger partial charge in [0.2, 0.25) is 0 Å². The molecule has 0 aromatic heterocycles. The number of benzene rings is 3. The number of urea groups is 1. The number of nitrogens with zero attached hydrogens (tertiary/aromatic N) is 1. The van der Waals surface area contributed by atoms with Crippen molar-refractivity contribution in [1.29, 1.82) is 0 Å². The van der Waals surface area contributed by atoms with E-state index in [0.29, 0.717) is 6.42 Å². The molecular formula is C23H19BrN2O2. The van der Waals surface area contributed by atoms with Crippen molar-refractivity contribution in [3.63, 3.8) is 0 Å². The van der Waals surface area contributed by atoms with Gasteiger partial charge in [-0.25, -0.2) is 4.79 Å². The Bertz CT molecular complexity index is 990. The van der Waals surface area contributed by atoms with Gasteiger partial charge in [0.05, 0.1) is 6.54 Å². The van der Waals surface area contributed by atoms with E-state index in [1.54, 1.807) is 0 Å². The number of nitrogens with one attached hydrogen (secondary N) is 1. The predicted octanol–water partition coefficient (Wildman–Crippen LogP) is 4.64. The van der Waals surface area contributed by atoms with Gasteiger partial charge in [-0.1, -0.05) is 88.7 Å². The normalized spacial score (nSPS) is 19.0. The Hall–Kier alpha value is -2.92. The standard InChI is InChI=1S/C23H19BrN2O2/c24-20-13-11-18(12-14-20)16-26-21(27)23(25-22(26)28,19-9-5-2-6-10-19)15-17-7-3-1-4-8-17/h1-14H,15-16H2,(H,25,28). The van der Waals surface area contributed by atoms with Crippen molar-refractivity contribution < 1.29 is 9.59 Å². The lowest BCUT2D eigenvalue weighted by atomic mass is 9.83. The molecule has 3 aromatic rings. The highest BCUT2D eigenvalue weighted by Gasteiger charge is 2.52. The Kier molecular flexibility index (Phi) is 5.01. The van der Waals surface area contributed by atoms with Crippen molar-refractivity contribution in [3.8, 4) is 0 Å². The molecule has 1 heterocycles. The number of amides is 3. The van der Waals surface area contributed by atoms with Gasteiger partial charge in [-0.3, -0.25) is 9.69 Å². The van der Waals surface area contributed by atoms with Crippen molar-refractivity contribution >= 4 is 27.9 Å². The first-order chi connectivity index (χ1) is 13.6. The fraction of sp³-hybridized carbons (Fsp3) is 0.130. The van der Waals surface area contributed by atoms with Crippen LogP contribution in [0.15, 0.2) is 89.4 Å². The van der Waals surface area contributed by atoms with Crippen LogP contribution in [0.2, 0.25) is 0 Å². The first kappa shape index (κ1) is 18.4. The molecular weight excluding hydrogens is 416 g/mol. The van der Waals surface area contributed by atoms with E-state index >= 15 is 0 Å². The molecule has 3 aromatic carbocycles. The zero-order valence-corrected chi connectivity index (χ0v) is 16.7. The summed E-state index contributed by atoms with van der Waals surface area (Å²) < 4.78 is 0.955. The van der Waals surface area contributed by atoms with Crippen LogP contribution in [-0.2, 0) is 23.3 Å². The Morgan fingerprint density at radius 2 is 1.39 bits per heavy atom. The first-order valence-corrected chi connectivity index (χ1v) is 9.86. The van der Waals surface area contributed by atoms with E-state index in [4.69, 9.17) is 0 Å². The second-order valence-electron chi connectivity index (χ2n) is 6.88. The first-order valence-electron chi connectivity index (χ1n) is 9.06. The fourth-order valence-corrected chi connectivity index (χ4v) is 3.85. The smallest absolute Gasteiger partial charge is 0.319 e. The Morgan fingerprint density at radius 1 is 0.786 bits per heavy atom. The molecule has 1 atom stereocenters. The Labute approximate surface area is 172 Å². The van der Waals surface area contributed by atoms with Crippen molar-refractivity contribution in [3.05, 3.63) is 106 Å².